The van der Waals surface area contributed by atoms with Crippen molar-refractivity contribution in [3.05, 3.63) is 34.9 Å². The van der Waals surface area contributed by atoms with Crippen LogP contribution in [0.25, 0.3) is 0 Å². The van der Waals surface area contributed by atoms with Crippen LogP contribution in [0.5, 0.6) is 0 Å². The highest BCUT2D eigenvalue weighted by Crippen LogP contribution is 2.18. The van der Waals surface area contributed by atoms with Gasteiger partial charge >= 0.3 is 0 Å². The first-order valence-electron chi connectivity index (χ1n) is 6.74. The molecule has 0 radical (unpaired) electrons. The minimum Gasteiger partial charge on any atom is -0.336 e. The summed E-state index contributed by atoms with van der Waals surface area (Å²) in [5.41, 5.74) is 0.614. The number of rotatable bonds is 2. The monoisotopic (exact) mass is 279 g/mol. The van der Waals surface area contributed by atoms with Gasteiger partial charge < -0.3 is 10.2 Å². The molecule has 3 rings (SSSR count). The van der Waals surface area contributed by atoms with E-state index in [0.717, 1.165) is 39.3 Å². The third-order valence-corrected chi connectivity index (χ3v) is 4.31. The molecule has 0 saturated carbocycles. The molecule has 0 spiro atoms. The largest absolute Gasteiger partial charge is 0.336 e. The summed E-state index contributed by atoms with van der Waals surface area (Å²) in [6.45, 7) is 5.67. The first-order chi connectivity index (χ1) is 9.25. The molecule has 1 N–H and O–H groups in total. The van der Waals surface area contributed by atoms with Crippen molar-refractivity contribution in [1.82, 2.24) is 15.1 Å². The molecule has 102 valence electrons. The van der Waals surface area contributed by atoms with Crippen LogP contribution in [0.15, 0.2) is 24.3 Å². The van der Waals surface area contributed by atoms with Gasteiger partial charge in [-0.3, -0.25) is 9.69 Å². The Morgan fingerprint density at radius 2 is 1.84 bits per heavy atom. The standard InChI is InChI=1S/C14H18ClN3O/c15-13-4-2-1-3-12(13)14(19)18-7-5-17(6-8-18)11-9-16-10-11/h1-4,11,16H,5-10H2. The topological polar surface area (TPSA) is 35.6 Å². The van der Waals surface area contributed by atoms with Gasteiger partial charge in [0.15, 0.2) is 0 Å². The maximum atomic E-state index is 12.4. The zero-order chi connectivity index (χ0) is 13.2. The molecule has 0 unspecified atom stereocenters. The van der Waals surface area contributed by atoms with Crippen LogP contribution in [-0.4, -0.2) is 61.0 Å². The lowest BCUT2D eigenvalue weighted by molar-refractivity contribution is 0.0502. The predicted octanol–water partition coefficient (Wildman–Crippen LogP) is 1.07. The van der Waals surface area contributed by atoms with Gasteiger partial charge in [-0.1, -0.05) is 23.7 Å². The van der Waals surface area contributed by atoms with E-state index in [-0.39, 0.29) is 5.91 Å². The number of piperazine rings is 1. The summed E-state index contributed by atoms with van der Waals surface area (Å²) in [7, 11) is 0. The minimum absolute atomic E-state index is 0.0528. The Morgan fingerprint density at radius 3 is 2.42 bits per heavy atom. The van der Waals surface area contributed by atoms with Crippen LogP contribution in [0.2, 0.25) is 5.02 Å². The number of carbonyl (C=O) groups is 1. The molecule has 0 bridgehead atoms. The van der Waals surface area contributed by atoms with Crippen LogP contribution in [0.3, 0.4) is 0 Å². The number of amides is 1. The molecule has 1 aromatic rings. The van der Waals surface area contributed by atoms with Gasteiger partial charge in [-0.2, -0.15) is 0 Å². The van der Waals surface area contributed by atoms with E-state index < -0.39 is 0 Å². The fourth-order valence-corrected chi connectivity index (χ4v) is 2.84. The van der Waals surface area contributed by atoms with E-state index in [1.807, 2.05) is 17.0 Å². The Hall–Kier alpha value is -1.10. The van der Waals surface area contributed by atoms with Crippen molar-refractivity contribution < 1.29 is 4.79 Å². The second-order valence-electron chi connectivity index (χ2n) is 5.12. The molecule has 1 amide bonds. The van der Waals surface area contributed by atoms with Gasteiger partial charge in [0, 0.05) is 45.3 Å². The normalized spacial score (nSPS) is 21.2. The van der Waals surface area contributed by atoms with E-state index in [2.05, 4.69) is 10.2 Å². The molecular weight excluding hydrogens is 262 g/mol. The summed E-state index contributed by atoms with van der Waals surface area (Å²) in [5.74, 6) is 0.0528. The average molecular weight is 280 g/mol. The Balaban J connectivity index is 1.62. The molecule has 0 atom stereocenters. The fraction of sp³-hybridized carbons (Fsp3) is 0.500. The van der Waals surface area contributed by atoms with Crippen molar-refractivity contribution in [2.24, 2.45) is 0 Å². The second-order valence-corrected chi connectivity index (χ2v) is 5.53. The predicted molar refractivity (Wildman–Crippen MR) is 75.6 cm³/mol. The Labute approximate surface area is 118 Å². The number of hydrogen-bond donors (Lipinski definition) is 1. The van der Waals surface area contributed by atoms with Crippen LogP contribution in [-0.2, 0) is 0 Å². The number of benzene rings is 1. The van der Waals surface area contributed by atoms with Gasteiger partial charge in [-0.15, -0.1) is 0 Å². The zero-order valence-corrected chi connectivity index (χ0v) is 11.6. The van der Waals surface area contributed by atoms with Crippen LogP contribution in [0.1, 0.15) is 10.4 Å². The summed E-state index contributed by atoms with van der Waals surface area (Å²) < 4.78 is 0. The van der Waals surface area contributed by atoms with Crippen molar-refractivity contribution >= 4 is 17.5 Å². The molecule has 1 aromatic carbocycles. The van der Waals surface area contributed by atoms with Crippen LogP contribution in [0, 0.1) is 0 Å². The average Bonchev–Trinajstić information content (AvgIpc) is 2.37. The molecule has 0 aromatic heterocycles. The lowest BCUT2D eigenvalue weighted by Crippen LogP contribution is -2.62. The second kappa shape index (κ2) is 5.49. The summed E-state index contributed by atoms with van der Waals surface area (Å²) in [5, 5.41) is 3.83. The van der Waals surface area contributed by atoms with Gasteiger partial charge in [0.1, 0.15) is 0 Å². The number of hydrogen-bond acceptors (Lipinski definition) is 3. The van der Waals surface area contributed by atoms with E-state index in [1.165, 1.54) is 0 Å². The third-order valence-electron chi connectivity index (χ3n) is 3.98. The molecule has 2 heterocycles. The van der Waals surface area contributed by atoms with Crippen LogP contribution >= 0.6 is 11.6 Å². The van der Waals surface area contributed by atoms with Crippen molar-refractivity contribution in [2.75, 3.05) is 39.3 Å². The Bertz CT molecular complexity index is 468. The number of nitrogens with one attached hydrogen (secondary N) is 1. The summed E-state index contributed by atoms with van der Waals surface area (Å²) in [4.78, 5) is 16.8. The SMILES string of the molecule is O=C(c1ccccc1Cl)N1CCN(C2CNC2)CC1. The third kappa shape index (κ3) is 2.61. The minimum atomic E-state index is 0.0528. The molecule has 2 aliphatic heterocycles. The summed E-state index contributed by atoms with van der Waals surface area (Å²) in [6, 6.07) is 7.94. The van der Waals surface area contributed by atoms with E-state index in [1.54, 1.807) is 12.1 Å². The molecular formula is C14H18ClN3O. The summed E-state index contributed by atoms with van der Waals surface area (Å²) in [6.07, 6.45) is 0. The maximum Gasteiger partial charge on any atom is 0.255 e. The first kappa shape index (κ1) is 12.9. The maximum absolute atomic E-state index is 12.4. The number of halogens is 1. The van der Waals surface area contributed by atoms with E-state index >= 15 is 0 Å². The molecule has 2 aliphatic rings. The smallest absolute Gasteiger partial charge is 0.255 e. The highest BCUT2D eigenvalue weighted by atomic mass is 35.5. The zero-order valence-electron chi connectivity index (χ0n) is 10.8. The van der Waals surface area contributed by atoms with E-state index in [9.17, 15) is 4.79 Å². The van der Waals surface area contributed by atoms with Crippen molar-refractivity contribution in [3.8, 4) is 0 Å². The van der Waals surface area contributed by atoms with E-state index in [0.29, 0.717) is 16.6 Å². The summed E-state index contributed by atoms with van der Waals surface area (Å²) >= 11 is 6.08. The van der Waals surface area contributed by atoms with E-state index in [4.69, 9.17) is 11.6 Å². The molecule has 0 aliphatic carbocycles. The van der Waals surface area contributed by atoms with Gasteiger partial charge in [-0.25, -0.2) is 0 Å². The fourth-order valence-electron chi connectivity index (χ4n) is 2.63. The van der Waals surface area contributed by atoms with Crippen LogP contribution in [0.4, 0.5) is 0 Å². The lowest BCUT2D eigenvalue weighted by atomic mass is 10.1. The Morgan fingerprint density at radius 1 is 1.16 bits per heavy atom. The van der Waals surface area contributed by atoms with Gasteiger partial charge in [-0.05, 0) is 12.1 Å². The van der Waals surface area contributed by atoms with Crippen molar-refractivity contribution in [2.45, 2.75) is 6.04 Å². The van der Waals surface area contributed by atoms with Gasteiger partial charge in [0.05, 0.1) is 10.6 Å². The molecule has 4 nitrogen and oxygen atoms in total. The molecule has 2 saturated heterocycles. The number of carbonyl (C=O) groups excluding carboxylic acids is 1. The van der Waals surface area contributed by atoms with Gasteiger partial charge in [0.25, 0.3) is 5.91 Å². The van der Waals surface area contributed by atoms with Crippen molar-refractivity contribution in [1.29, 1.82) is 0 Å². The molecule has 2 fully saturated rings. The van der Waals surface area contributed by atoms with Crippen LogP contribution < -0.4 is 5.32 Å². The van der Waals surface area contributed by atoms with Crippen molar-refractivity contribution in [3.63, 3.8) is 0 Å². The highest BCUT2D eigenvalue weighted by molar-refractivity contribution is 6.33. The first-order valence-corrected chi connectivity index (χ1v) is 7.12. The number of nitrogens with zero attached hydrogens (tertiary/aromatic N) is 2. The molecule has 19 heavy (non-hydrogen) atoms. The lowest BCUT2D eigenvalue weighted by Gasteiger charge is -2.43. The quantitative estimate of drug-likeness (QED) is 0.880. The van der Waals surface area contributed by atoms with Gasteiger partial charge in [0.2, 0.25) is 0 Å². The highest BCUT2D eigenvalue weighted by Gasteiger charge is 2.29. The Kier molecular flexibility index (Phi) is 3.73. The molecule has 5 heteroatoms.